The third-order valence-corrected chi connectivity index (χ3v) is 5.98. The summed E-state index contributed by atoms with van der Waals surface area (Å²) in [4.78, 5) is 15.4. The summed E-state index contributed by atoms with van der Waals surface area (Å²) in [5.41, 5.74) is -0.0947. The summed E-state index contributed by atoms with van der Waals surface area (Å²) in [7, 11) is 0. The normalized spacial score (nSPS) is 31.4. The van der Waals surface area contributed by atoms with Gasteiger partial charge in [0.2, 0.25) is 5.91 Å². The van der Waals surface area contributed by atoms with E-state index in [1.165, 1.54) is 44.9 Å². The summed E-state index contributed by atoms with van der Waals surface area (Å²) in [6.45, 7) is 5.23. The maximum absolute atomic E-state index is 13.1. The fraction of sp³-hybridized carbons (Fsp3) is 0.941. The molecule has 1 aliphatic carbocycles. The lowest BCUT2D eigenvalue weighted by Gasteiger charge is -2.41. The first kappa shape index (κ1) is 14.4. The molecule has 2 saturated heterocycles. The predicted molar refractivity (Wildman–Crippen MR) is 81.5 cm³/mol. The Bertz CT molecular complexity index is 343. The summed E-state index contributed by atoms with van der Waals surface area (Å²) in [6.07, 6.45) is 11.4. The molecule has 114 valence electrons. The topological polar surface area (TPSA) is 32.3 Å². The fourth-order valence-electron chi connectivity index (χ4n) is 4.59. The van der Waals surface area contributed by atoms with Crippen LogP contribution in [-0.2, 0) is 4.79 Å². The Labute approximate surface area is 123 Å². The molecule has 1 N–H and O–H groups in total. The third-order valence-electron chi connectivity index (χ3n) is 5.98. The molecule has 3 rings (SSSR count). The number of carbonyl (C=O) groups is 1. The molecule has 0 aromatic carbocycles. The largest absolute Gasteiger partial charge is 0.339 e. The minimum Gasteiger partial charge on any atom is -0.339 e. The van der Waals surface area contributed by atoms with Crippen LogP contribution in [0.1, 0.15) is 64.7 Å². The number of hydrogen-bond donors (Lipinski definition) is 1. The van der Waals surface area contributed by atoms with Crippen LogP contribution in [0.15, 0.2) is 0 Å². The average molecular weight is 278 g/mol. The van der Waals surface area contributed by atoms with Gasteiger partial charge in [-0.05, 0) is 57.5 Å². The number of piperidine rings is 1. The van der Waals surface area contributed by atoms with E-state index in [9.17, 15) is 4.79 Å². The first-order valence-electron chi connectivity index (χ1n) is 8.72. The zero-order valence-corrected chi connectivity index (χ0v) is 13.0. The molecule has 0 bridgehead atoms. The molecule has 1 atom stereocenters. The lowest BCUT2D eigenvalue weighted by atomic mass is 9.78. The highest BCUT2D eigenvalue weighted by Gasteiger charge is 2.43. The molecule has 20 heavy (non-hydrogen) atoms. The van der Waals surface area contributed by atoms with Gasteiger partial charge in [-0.3, -0.25) is 4.79 Å². The van der Waals surface area contributed by atoms with E-state index in [0.29, 0.717) is 11.9 Å². The van der Waals surface area contributed by atoms with E-state index < -0.39 is 0 Å². The maximum atomic E-state index is 13.1. The standard InChI is InChI=1S/C17H30N2O/c1-17(9-11-18-12-10-17)16(20)19-13-5-8-15(19)14-6-3-2-4-7-14/h14-15,18H,2-13H2,1H3. The van der Waals surface area contributed by atoms with E-state index in [1.54, 1.807) is 0 Å². The quantitative estimate of drug-likeness (QED) is 0.842. The van der Waals surface area contributed by atoms with Crippen molar-refractivity contribution in [3.05, 3.63) is 0 Å². The smallest absolute Gasteiger partial charge is 0.228 e. The van der Waals surface area contributed by atoms with E-state index in [0.717, 1.165) is 38.4 Å². The first-order valence-corrected chi connectivity index (χ1v) is 8.72. The van der Waals surface area contributed by atoms with Crippen LogP contribution in [0, 0.1) is 11.3 Å². The molecule has 1 amide bonds. The molecule has 0 spiro atoms. The van der Waals surface area contributed by atoms with Crippen LogP contribution in [0.3, 0.4) is 0 Å². The summed E-state index contributed by atoms with van der Waals surface area (Å²) < 4.78 is 0. The molecule has 0 radical (unpaired) electrons. The van der Waals surface area contributed by atoms with E-state index in [1.807, 2.05) is 0 Å². The Balaban J connectivity index is 1.69. The van der Waals surface area contributed by atoms with E-state index in [4.69, 9.17) is 0 Å². The number of nitrogens with one attached hydrogen (secondary N) is 1. The van der Waals surface area contributed by atoms with Gasteiger partial charge in [0, 0.05) is 18.0 Å². The highest BCUT2D eigenvalue weighted by Crippen LogP contribution is 2.38. The van der Waals surface area contributed by atoms with Crippen molar-refractivity contribution in [2.24, 2.45) is 11.3 Å². The van der Waals surface area contributed by atoms with Crippen molar-refractivity contribution in [3.8, 4) is 0 Å². The second kappa shape index (κ2) is 6.05. The zero-order chi connectivity index (χ0) is 14.0. The van der Waals surface area contributed by atoms with E-state index in [-0.39, 0.29) is 5.41 Å². The van der Waals surface area contributed by atoms with Crippen molar-refractivity contribution < 1.29 is 4.79 Å². The Morgan fingerprint density at radius 3 is 2.45 bits per heavy atom. The lowest BCUT2D eigenvalue weighted by molar-refractivity contribution is -0.144. The van der Waals surface area contributed by atoms with Crippen molar-refractivity contribution in [1.82, 2.24) is 10.2 Å². The van der Waals surface area contributed by atoms with Crippen molar-refractivity contribution in [2.75, 3.05) is 19.6 Å². The summed E-state index contributed by atoms with van der Waals surface area (Å²) in [5, 5.41) is 3.39. The van der Waals surface area contributed by atoms with Gasteiger partial charge in [0.1, 0.15) is 0 Å². The SMILES string of the molecule is CC1(C(=O)N2CCCC2C2CCCCC2)CCNCC1. The maximum Gasteiger partial charge on any atom is 0.228 e. The Morgan fingerprint density at radius 2 is 1.75 bits per heavy atom. The second-order valence-corrected chi connectivity index (χ2v) is 7.42. The monoisotopic (exact) mass is 278 g/mol. The number of likely N-dealkylation sites (tertiary alicyclic amines) is 1. The minimum atomic E-state index is -0.0947. The van der Waals surface area contributed by atoms with Crippen LogP contribution < -0.4 is 5.32 Å². The van der Waals surface area contributed by atoms with Gasteiger partial charge in [0.15, 0.2) is 0 Å². The second-order valence-electron chi connectivity index (χ2n) is 7.42. The van der Waals surface area contributed by atoms with Crippen LogP contribution >= 0.6 is 0 Å². The Morgan fingerprint density at radius 1 is 1.05 bits per heavy atom. The number of carbonyl (C=O) groups excluding carboxylic acids is 1. The molecule has 1 unspecified atom stereocenters. The molecule has 0 aromatic heterocycles. The van der Waals surface area contributed by atoms with Crippen molar-refractivity contribution >= 4 is 5.91 Å². The predicted octanol–water partition coefficient (Wildman–Crippen LogP) is 2.95. The van der Waals surface area contributed by atoms with Crippen molar-refractivity contribution in [2.45, 2.75) is 70.8 Å². The molecule has 3 fully saturated rings. The van der Waals surface area contributed by atoms with Gasteiger partial charge in [0.05, 0.1) is 0 Å². The van der Waals surface area contributed by atoms with Gasteiger partial charge < -0.3 is 10.2 Å². The van der Waals surface area contributed by atoms with Crippen LogP contribution in [0.4, 0.5) is 0 Å². The minimum absolute atomic E-state index is 0.0947. The molecule has 1 saturated carbocycles. The lowest BCUT2D eigenvalue weighted by Crippen LogP contribution is -2.50. The van der Waals surface area contributed by atoms with Crippen molar-refractivity contribution in [1.29, 1.82) is 0 Å². The van der Waals surface area contributed by atoms with E-state index >= 15 is 0 Å². The van der Waals surface area contributed by atoms with Gasteiger partial charge in [-0.2, -0.15) is 0 Å². The Kier molecular flexibility index (Phi) is 4.34. The Hall–Kier alpha value is -0.570. The summed E-state index contributed by atoms with van der Waals surface area (Å²) in [6, 6.07) is 0.564. The molecule has 3 aliphatic rings. The van der Waals surface area contributed by atoms with Crippen LogP contribution in [0.25, 0.3) is 0 Å². The number of hydrogen-bond acceptors (Lipinski definition) is 2. The fourth-order valence-corrected chi connectivity index (χ4v) is 4.59. The zero-order valence-electron chi connectivity index (χ0n) is 13.0. The van der Waals surface area contributed by atoms with Gasteiger partial charge >= 0.3 is 0 Å². The molecule has 3 heteroatoms. The molecular formula is C17H30N2O. The number of amides is 1. The summed E-state index contributed by atoms with van der Waals surface area (Å²) in [5.74, 6) is 1.26. The molecule has 2 aliphatic heterocycles. The third kappa shape index (κ3) is 2.74. The van der Waals surface area contributed by atoms with Crippen LogP contribution in [0.5, 0.6) is 0 Å². The number of rotatable bonds is 2. The molecule has 3 nitrogen and oxygen atoms in total. The average Bonchev–Trinajstić information content (AvgIpc) is 2.97. The van der Waals surface area contributed by atoms with Gasteiger partial charge in [-0.25, -0.2) is 0 Å². The van der Waals surface area contributed by atoms with Crippen molar-refractivity contribution in [3.63, 3.8) is 0 Å². The van der Waals surface area contributed by atoms with E-state index in [2.05, 4.69) is 17.1 Å². The van der Waals surface area contributed by atoms with Crippen LogP contribution in [-0.4, -0.2) is 36.5 Å². The highest BCUT2D eigenvalue weighted by molar-refractivity contribution is 5.83. The first-order chi connectivity index (χ1) is 9.71. The number of nitrogens with zero attached hydrogens (tertiary/aromatic N) is 1. The van der Waals surface area contributed by atoms with Gasteiger partial charge in [-0.15, -0.1) is 0 Å². The molecule has 2 heterocycles. The molecule has 0 aromatic rings. The van der Waals surface area contributed by atoms with Gasteiger partial charge in [-0.1, -0.05) is 26.2 Å². The van der Waals surface area contributed by atoms with Gasteiger partial charge in [0.25, 0.3) is 0 Å². The van der Waals surface area contributed by atoms with Crippen LogP contribution in [0.2, 0.25) is 0 Å². The molecular weight excluding hydrogens is 248 g/mol. The highest BCUT2D eigenvalue weighted by atomic mass is 16.2. The summed E-state index contributed by atoms with van der Waals surface area (Å²) >= 11 is 0.